The molecule has 0 aliphatic heterocycles. The van der Waals surface area contributed by atoms with E-state index in [-0.39, 0.29) is 0 Å². The van der Waals surface area contributed by atoms with E-state index in [2.05, 4.69) is 39.8 Å². The van der Waals surface area contributed by atoms with Gasteiger partial charge in [-0.15, -0.1) is 0 Å². The van der Waals surface area contributed by atoms with Crippen LogP contribution in [0.1, 0.15) is 40.0 Å². The van der Waals surface area contributed by atoms with Gasteiger partial charge in [0.2, 0.25) is 0 Å². The predicted octanol–water partition coefficient (Wildman–Crippen LogP) is 3.01. The van der Waals surface area contributed by atoms with E-state index in [1.54, 1.807) is 0 Å². The Kier molecular flexibility index (Phi) is 6.45. The van der Waals surface area contributed by atoms with Gasteiger partial charge in [0.15, 0.2) is 0 Å². The van der Waals surface area contributed by atoms with Crippen LogP contribution in [-0.4, -0.2) is 25.5 Å². The fourth-order valence-electron chi connectivity index (χ4n) is 1.49. The van der Waals surface area contributed by atoms with Crippen molar-refractivity contribution < 1.29 is 0 Å². The predicted molar refractivity (Wildman–Crippen MR) is 56.4 cm³/mol. The topological polar surface area (TPSA) is 3.24 Å². The Balaban J connectivity index is 3.36. The monoisotopic (exact) mass is 171 g/mol. The van der Waals surface area contributed by atoms with E-state index in [1.807, 2.05) is 0 Å². The van der Waals surface area contributed by atoms with E-state index in [1.165, 1.54) is 25.8 Å². The van der Waals surface area contributed by atoms with Crippen LogP contribution in [0, 0.1) is 11.8 Å². The van der Waals surface area contributed by atoms with Gasteiger partial charge in [-0.1, -0.05) is 33.6 Å². The lowest BCUT2D eigenvalue weighted by molar-refractivity contribution is 0.310. The molecule has 2 atom stereocenters. The average Bonchev–Trinajstić information content (AvgIpc) is 1.99. The quantitative estimate of drug-likeness (QED) is 0.594. The smallest absolute Gasteiger partial charge is 0.0000921 e. The summed E-state index contributed by atoms with van der Waals surface area (Å²) in [6, 6.07) is 0. The number of hydrogen-bond acceptors (Lipinski definition) is 1. The molecule has 0 aromatic rings. The highest BCUT2D eigenvalue weighted by molar-refractivity contribution is 4.59. The zero-order chi connectivity index (χ0) is 9.56. The molecule has 74 valence electrons. The van der Waals surface area contributed by atoms with Crippen LogP contribution in [-0.2, 0) is 0 Å². The Morgan fingerprint density at radius 3 is 1.92 bits per heavy atom. The molecule has 1 heteroatoms. The van der Waals surface area contributed by atoms with Gasteiger partial charge in [0.25, 0.3) is 0 Å². The molecule has 0 bridgehead atoms. The van der Waals surface area contributed by atoms with Crippen molar-refractivity contribution in [2.75, 3.05) is 20.6 Å². The normalized spacial score (nSPS) is 16.5. The van der Waals surface area contributed by atoms with Gasteiger partial charge in [0.1, 0.15) is 0 Å². The van der Waals surface area contributed by atoms with Crippen LogP contribution in [0.5, 0.6) is 0 Å². The Labute approximate surface area is 78.1 Å². The minimum absolute atomic E-state index is 0.856. The molecule has 0 spiro atoms. The van der Waals surface area contributed by atoms with Crippen LogP contribution < -0.4 is 0 Å². The van der Waals surface area contributed by atoms with Crippen LogP contribution in [0.3, 0.4) is 0 Å². The van der Waals surface area contributed by atoms with Gasteiger partial charge < -0.3 is 4.90 Å². The van der Waals surface area contributed by atoms with Crippen molar-refractivity contribution in [3.63, 3.8) is 0 Å². The molecule has 0 N–H and O–H groups in total. The first-order valence-corrected chi connectivity index (χ1v) is 5.21. The standard InChI is InChI=1S/C11H25N/c1-6-10(2)7-8-11(3)9-12(4)5/h10-11H,6-9H2,1-5H3. The minimum Gasteiger partial charge on any atom is -0.309 e. The summed E-state index contributed by atoms with van der Waals surface area (Å²) < 4.78 is 0. The second kappa shape index (κ2) is 6.47. The molecular formula is C11H25N. The molecule has 0 saturated carbocycles. The molecule has 1 nitrogen and oxygen atoms in total. The Morgan fingerprint density at radius 1 is 1.00 bits per heavy atom. The summed E-state index contributed by atoms with van der Waals surface area (Å²) in [5.74, 6) is 1.77. The molecule has 0 amide bonds. The highest BCUT2D eigenvalue weighted by Gasteiger charge is 2.05. The first-order chi connectivity index (χ1) is 5.56. The molecule has 12 heavy (non-hydrogen) atoms. The van der Waals surface area contributed by atoms with Crippen molar-refractivity contribution >= 4 is 0 Å². The molecule has 0 aliphatic carbocycles. The summed E-state index contributed by atoms with van der Waals surface area (Å²) in [6.45, 7) is 8.21. The second-order valence-corrected chi connectivity index (χ2v) is 4.46. The van der Waals surface area contributed by atoms with E-state index in [0.717, 1.165) is 11.8 Å². The SMILES string of the molecule is CCC(C)CCC(C)CN(C)C. The van der Waals surface area contributed by atoms with Crippen molar-refractivity contribution in [1.82, 2.24) is 4.90 Å². The lowest BCUT2D eigenvalue weighted by atomic mass is 9.96. The molecule has 0 aromatic carbocycles. The van der Waals surface area contributed by atoms with Crippen LogP contribution >= 0.6 is 0 Å². The van der Waals surface area contributed by atoms with Crippen molar-refractivity contribution in [2.45, 2.75) is 40.0 Å². The molecular weight excluding hydrogens is 146 g/mol. The van der Waals surface area contributed by atoms with Crippen LogP contribution in [0.2, 0.25) is 0 Å². The Bertz CT molecular complexity index is 99.2. The summed E-state index contributed by atoms with van der Waals surface area (Å²) in [6.07, 6.45) is 4.10. The fourth-order valence-corrected chi connectivity index (χ4v) is 1.49. The van der Waals surface area contributed by atoms with Gasteiger partial charge in [0.05, 0.1) is 0 Å². The Morgan fingerprint density at radius 2 is 1.50 bits per heavy atom. The minimum atomic E-state index is 0.856. The number of nitrogens with zero attached hydrogens (tertiary/aromatic N) is 1. The third-order valence-corrected chi connectivity index (χ3v) is 2.53. The van der Waals surface area contributed by atoms with Crippen molar-refractivity contribution in [3.8, 4) is 0 Å². The summed E-state index contributed by atoms with van der Waals surface area (Å²) in [5, 5.41) is 0. The van der Waals surface area contributed by atoms with Crippen LogP contribution in [0.15, 0.2) is 0 Å². The lowest BCUT2D eigenvalue weighted by Gasteiger charge is -2.18. The summed E-state index contributed by atoms with van der Waals surface area (Å²) in [4.78, 5) is 2.28. The molecule has 0 heterocycles. The van der Waals surface area contributed by atoms with E-state index in [0.29, 0.717) is 0 Å². The van der Waals surface area contributed by atoms with Crippen molar-refractivity contribution in [3.05, 3.63) is 0 Å². The Hall–Kier alpha value is -0.0400. The highest BCUT2D eigenvalue weighted by Crippen LogP contribution is 2.14. The lowest BCUT2D eigenvalue weighted by Crippen LogP contribution is -2.20. The largest absolute Gasteiger partial charge is 0.309 e. The van der Waals surface area contributed by atoms with E-state index < -0.39 is 0 Å². The third-order valence-electron chi connectivity index (χ3n) is 2.53. The van der Waals surface area contributed by atoms with Gasteiger partial charge in [-0.25, -0.2) is 0 Å². The number of hydrogen-bond donors (Lipinski definition) is 0. The van der Waals surface area contributed by atoms with E-state index in [4.69, 9.17) is 0 Å². The van der Waals surface area contributed by atoms with Gasteiger partial charge in [0, 0.05) is 6.54 Å². The first kappa shape index (κ1) is 12.0. The van der Waals surface area contributed by atoms with Crippen molar-refractivity contribution in [1.29, 1.82) is 0 Å². The third kappa shape index (κ3) is 6.66. The van der Waals surface area contributed by atoms with Crippen molar-refractivity contribution in [2.24, 2.45) is 11.8 Å². The zero-order valence-corrected chi connectivity index (χ0v) is 9.43. The zero-order valence-electron chi connectivity index (χ0n) is 9.43. The van der Waals surface area contributed by atoms with Crippen LogP contribution in [0.25, 0.3) is 0 Å². The maximum atomic E-state index is 2.35. The first-order valence-electron chi connectivity index (χ1n) is 5.21. The highest BCUT2D eigenvalue weighted by atomic mass is 15.1. The molecule has 2 unspecified atom stereocenters. The van der Waals surface area contributed by atoms with Gasteiger partial charge in [-0.2, -0.15) is 0 Å². The second-order valence-electron chi connectivity index (χ2n) is 4.46. The summed E-state index contributed by atoms with van der Waals surface area (Å²) >= 11 is 0. The summed E-state index contributed by atoms with van der Waals surface area (Å²) in [5.41, 5.74) is 0. The molecule has 0 rings (SSSR count). The van der Waals surface area contributed by atoms with Gasteiger partial charge >= 0.3 is 0 Å². The maximum absolute atomic E-state index is 2.35. The van der Waals surface area contributed by atoms with E-state index in [9.17, 15) is 0 Å². The average molecular weight is 171 g/mol. The van der Waals surface area contributed by atoms with Crippen LogP contribution in [0.4, 0.5) is 0 Å². The molecule has 0 aromatic heterocycles. The fraction of sp³-hybridized carbons (Fsp3) is 1.00. The van der Waals surface area contributed by atoms with Gasteiger partial charge in [-0.3, -0.25) is 0 Å². The number of rotatable bonds is 6. The van der Waals surface area contributed by atoms with Gasteiger partial charge in [-0.05, 0) is 32.4 Å². The molecule has 0 saturated heterocycles. The van der Waals surface area contributed by atoms with E-state index >= 15 is 0 Å². The molecule has 0 radical (unpaired) electrons. The molecule has 0 aliphatic rings. The molecule has 0 fully saturated rings. The summed E-state index contributed by atoms with van der Waals surface area (Å²) in [7, 11) is 4.31. The maximum Gasteiger partial charge on any atom is 0.0000921 e.